The Morgan fingerprint density at radius 2 is 2.27 bits per heavy atom. The van der Waals surface area contributed by atoms with Crippen molar-refractivity contribution in [1.82, 2.24) is 4.98 Å². The van der Waals surface area contributed by atoms with Gasteiger partial charge in [-0.25, -0.2) is 4.98 Å². The summed E-state index contributed by atoms with van der Waals surface area (Å²) in [5, 5.41) is 3.68. The Kier molecular flexibility index (Phi) is 2.93. The highest BCUT2D eigenvalue weighted by Gasteiger charge is 2.08. The van der Waals surface area contributed by atoms with Gasteiger partial charge in [-0.1, -0.05) is 18.5 Å². The number of hydrogen-bond donors (Lipinski definition) is 1. The zero-order valence-corrected chi connectivity index (χ0v) is 9.90. The van der Waals surface area contributed by atoms with Gasteiger partial charge in [0.25, 0.3) is 0 Å². The number of aryl methyl sites for hydroxylation is 1. The minimum Gasteiger partial charge on any atom is -0.399 e. The topological polar surface area (TPSA) is 38.9 Å². The molecule has 15 heavy (non-hydrogen) atoms. The maximum absolute atomic E-state index is 6.09. The van der Waals surface area contributed by atoms with Crippen molar-refractivity contribution in [1.29, 1.82) is 0 Å². The standard InChI is InChI=1S/C11H11ClN2S/c1-2-8-6-15-11(14-8)9-5-7(13)3-4-10(9)12/h3-6H,2,13H2,1H3. The van der Waals surface area contributed by atoms with E-state index < -0.39 is 0 Å². The fourth-order valence-electron chi connectivity index (χ4n) is 1.30. The molecule has 2 N–H and O–H groups in total. The summed E-state index contributed by atoms with van der Waals surface area (Å²) in [5.41, 5.74) is 8.44. The molecule has 2 aromatic rings. The van der Waals surface area contributed by atoms with E-state index in [1.807, 2.05) is 6.07 Å². The van der Waals surface area contributed by atoms with E-state index in [0.717, 1.165) is 22.7 Å². The molecule has 1 aromatic heterocycles. The molecule has 0 amide bonds. The molecule has 0 radical (unpaired) electrons. The van der Waals surface area contributed by atoms with Crippen LogP contribution >= 0.6 is 22.9 Å². The second-order valence-corrected chi connectivity index (χ2v) is 4.50. The molecular weight excluding hydrogens is 228 g/mol. The van der Waals surface area contributed by atoms with Crippen LogP contribution in [-0.2, 0) is 6.42 Å². The van der Waals surface area contributed by atoms with Gasteiger partial charge in [-0.05, 0) is 24.6 Å². The molecule has 0 spiro atoms. The molecule has 0 saturated carbocycles. The van der Waals surface area contributed by atoms with Crippen molar-refractivity contribution in [3.63, 3.8) is 0 Å². The molecule has 78 valence electrons. The lowest BCUT2D eigenvalue weighted by atomic mass is 10.2. The molecule has 0 aliphatic carbocycles. The molecular formula is C11H11ClN2S. The van der Waals surface area contributed by atoms with Crippen LogP contribution in [0.25, 0.3) is 10.6 Å². The van der Waals surface area contributed by atoms with Crippen molar-refractivity contribution >= 4 is 28.6 Å². The number of nitrogens with two attached hydrogens (primary N) is 1. The summed E-state index contributed by atoms with van der Waals surface area (Å²) in [5.74, 6) is 0. The molecule has 1 heterocycles. The van der Waals surface area contributed by atoms with Crippen molar-refractivity contribution < 1.29 is 0 Å². The lowest BCUT2D eigenvalue weighted by Crippen LogP contribution is -1.87. The Balaban J connectivity index is 2.48. The largest absolute Gasteiger partial charge is 0.399 e. The first-order valence-electron chi connectivity index (χ1n) is 4.70. The number of aromatic nitrogens is 1. The summed E-state index contributed by atoms with van der Waals surface area (Å²) in [6, 6.07) is 5.46. The third kappa shape index (κ3) is 2.13. The van der Waals surface area contributed by atoms with Crippen LogP contribution in [0.4, 0.5) is 5.69 Å². The van der Waals surface area contributed by atoms with Gasteiger partial charge in [-0.2, -0.15) is 0 Å². The predicted octanol–water partition coefficient (Wildman–Crippen LogP) is 3.61. The Hall–Kier alpha value is -1.06. The quantitative estimate of drug-likeness (QED) is 0.812. The second-order valence-electron chi connectivity index (χ2n) is 3.24. The van der Waals surface area contributed by atoms with Crippen LogP contribution in [0, 0.1) is 0 Å². The van der Waals surface area contributed by atoms with E-state index in [2.05, 4.69) is 17.3 Å². The predicted molar refractivity (Wildman–Crippen MR) is 66.4 cm³/mol. The van der Waals surface area contributed by atoms with Gasteiger partial charge >= 0.3 is 0 Å². The maximum Gasteiger partial charge on any atom is 0.125 e. The van der Waals surface area contributed by atoms with Crippen LogP contribution in [0.5, 0.6) is 0 Å². The highest BCUT2D eigenvalue weighted by Crippen LogP contribution is 2.31. The van der Waals surface area contributed by atoms with Gasteiger partial charge in [0, 0.05) is 16.6 Å². The minimum absolute atomic E-state index is 0.696. The summed E-state index contributed by atoms with van der Waals surface area (Å²) in [7, 11) is 0. The number of halogens is 1. The van der Waals surface area contributed by atoms with Crippen LogP contribution in [0.15, 0.2) is 23.6 Å². The van der Waals surface area contributed by atoms with E-state index in [9.17, 15) is 0 Å². The molecule has 0 unspecified atom stereocenters. The summed E-state index contributed by atoms with van der Waals surface area (Å²) in [4.78, 5) is 4.48. The van der Waals surface area contributed by atoms with Gasteiger partial charge < -0.3 is 5.73 Å². The van der Waals surface area contributed by atoms with Crippen molar-refractivity contribution in [2.75, 3.05) is 5.73 Å². The monoisotopic (exact) mass is 238 g/mol. The Morgan fingerprint density at radius 1 is 1.47 bits per heavy atom. The Labute approximate surface area is 97.7 Å². The zero-order valence-electron chi connectivity index (χ0n) is 8.33. The van der Waals surface area contributed by atoms with Crippen molar-refractivity contribution in [3.8, 4) is 10.6 Å². The normalized spacial score (nSPS) is 10.5. The molecule has 1 aromatic carbocycles. The molecule has 4 heteroatoms. The Bertz CT molecular complexity index is 479. The molecule has 0 bridgehead atoms. The number of nitrogen functional groups attached to an aromatic ring is 1. The number of nitrogens with zero attached hydrogens (tertiary/aromatic N) is 1. The van der Waals surface area contributed by atoms with Crippen molar-refractivity contribution in [2.45, 2.75) is 13.3 Å². The summed E-state index contributed by atoms with van der Waals surface area (Å²) in [6.45, 7) is 2.08. The average molecular weight is 239 g/mol. The highest BCUT2D eigenvalue weighted by atomic mass is 35.5. The van der Waals surface area contributed by atoms with Gasteiger partial charge in [0.05, 0.1) is 10.7 Å². The van der Waals surface area contributed by atoms with Gasteiger partial charge in [0.1, 0.15) is 5.01 Å². The van der Waals surface area contributed by atoms with Gasteiger partial charge in [-0.3, -0.25) is 0 Å². The summed E-state index contributed by atoms with van der Waals surface area (Å²) >= 11 is 7.69. The highest BCUT2D eigenvalue weighted by molar-refractivity contribution is 7.13. The van der Waals surface area contributed by atoms with Crippen molar-refractivity contribution in [2.24, 2.45) is 0 Å². The third-order valence-electron chi connectivity index (χ3n) is 2.13. The first kappa shape index (κ1) is 10.5. The minimum atomic E-state index is 0.696. The van der Waals surface area contributed by atoms with Crippen LogP contribution < -0.4 is 5.73 Å². The van der Waals surface area contributed by atoms with E-state index in [0.29, 0.717) is 10.7 Å². The number of rotatable bonds is 2. The smallest absolute Gasteiger partial charge is 0.125 e. The summed E-state index contributed by atoms with van der Waals surface area (Å²) < 4.78 is 0. The fourth-order valence-corrected chi connectivity index (χ4v) is 2.50. The van der Waals surface area contributed by atoms with E-state index in [1.165, 1.54) is 0 Å². The van der Waals surface area contributed by atoms with Gasteiger partial charge in [-0.15, -0.1) is 11.3 Å². The Morgan fingerprint density at radius 3 is 2.93 bits per heavy atom. The number of anilines is 1. The first-order chi connectivity index (χ1) is 7.20. The molecule has 0 aliphatic rings. The van der Waals surface area contributed by atoms with Gasteiger partial charge in [0.2, 0.25) is 0 Å². The lowest BCUT2D eigenvalue weighted by molar-refractivity contribution is 1.07. The van der Waals surface area contributed by atoms with Crippen LogP contribution in [-0.4, -0.2) is 4.98 Å². The van der Waals surface area contributed by atoms with E-state index in [4.69, 9.17) is 17.3 Å². The van der Waals surface area contributed by atoms with Gasteiger partial charge in [0.15, 0.2) is 0 Å². The van der Waals surface area contributed by atoms with E-state index >= 15 is 0 Å². The van der Waals surface area contributed by atoms with Crippen molar-refractivity contribution in [3.05, 3.63) is 34.3 Å². The fraction of sp³-hybridized carbons (Fsp3) is 0.182. The third-order valence-corrected chi connectivity index (χ3v) is 3.39. The van der Waals surface area contributed by atoms with Crippen LogP contribution in [0.1, 0.15) is 12.6 Å². The first-order valence-corrected chi connectivity index (χ1v) is 5.96. The molecule has 0 aliphatic heterocycles. The molecule has 0 fully saturated rings. The van der Waals surface area contributed by atoms with Crippen LogP contribution in [0.3, 0.4) is 0 Å². The zero-order chi connectivity index (χ0) is 10.8. The van der Waals surface area contributed by atoms with E-state index in [-0.39, 0.29) is 0 Å². The number of benzene rings is 1. The maximum atomic E-state index is 6.09. The molecule has 0 saturated heterocycles. The number of thiazole rings is 1. The molecule has 2 rings (SSSR count). The summed E-state index contributed by atoms with van der Waals surface area (Å²) in [6.07, 6.45) is 0.941. The number of hydrogen-bond acceptors (Lipinski definition) is 3. The average Bonchev–Trinajstić information content (AvgIpc) is 2.70. The SMILES string of the molecule is CCc1csc(-c2cc(N)ccc2Cl)n1. The van der Waals surface area contributed by atoms with E-state index in [1.54, 1.807) is 23.5 Å². The van der Waals surface area contributed by atoms with Crippen LogP contribution in [0.2, 0.25) is 5.02 Å². The second kappa shape index (κ2) is 4.21. The molecule has 2 nitrogen and oxygen atoms in total. The molecule has 0 atom stereocenters. The lowest BCUT2D eigenvalue weighted by Gasteiger charge is -2.01.